The number of hydrogen-bond donors (Lipinski definition) is 2. The molecule has 162 valence electrons. The summed E-state index contributed by atoms with van der Waals surface area (Å²) in [7, 11) is 1.46. The molecule has 2 rings (SSSR count). The van der Waals surface area contributed by atoms with Gasteiger partial charge in [0.1, 0.15) is 29.4 Å². The summed E-state index contributed by atoms with van der Waals surface area (Å²) in [6.45, 7) is 4.38. The average Bonchev–Trinajstić information content (AvgIpc) is 2.74. The first kappa shape index (κ1) is 23.1. The Bertz CT molecular complexity index is 889. The van der Waals surface area contributed by atoms with Crippen LogP contribution in [0.25, 0.3) is 0 Å². The van der Waals surface area contributed by atoms with E-state index in [0.717, 1.165) is 19.3 Å². The predicted molar refractivity (Wildman–Crippen MR) is 112 cm³/mol. The minimum atomic E-state index is -1.04. The molecule has 0 aliphatic rings. The highest BCUT2D eigenvalue weighted by Gasteiger charge is 2.20. The SMILES string of the molecule is CCCCOC(=O)c1ccc(OCc2ccc(C(=O)O)cc2OC)c(CCC)c1O. The van der Waals surface area contributed by atoms with E-state index in [1.165, 1.54) is 25.3 Å². The van der Waals surface area contributed by atoms with Crippen LogP contribution < -0.4 is 9.47 Å². The molecule has 0 atom stereocenters. The summed E-state index contributed by atoms with van der Waals surface area (Å²) in [5.41, 5.74) is 1.42. The molecule has 7 heteroatoms. The third-order valence-electron chi connectivity index (χ3n) is 4.61. The monoisotopic (exact) mass is 416 g/mol. The Morgan fingerprint density at radius 3 is 2.43 bits per heavy atom. The number of benzene rings is 2. The van der Waals surface area contributed by atoms with Crippen molar-refractivity contribution in [3.63, 3.8) is 0 Å². The van der Waals surface area contributed by atoms with E-state index >= 15 is 0 Å². The van der Waals surface area contributed by atoms with Crippen molar-refractivity contribution in [2.75, 3.05) is 13.7 Å². The summed E-state index contributed by atoms with van der Waals surface area (Å²) in [5.74, 6) is -0.895. The molecule has 7 nitrogen and oxygen atoms in total. The van der Waals surface area contributed by atoms with E-state index < -0.39 is 11.9 Å². The molecule has 0 radical (unpaired) electrons. The van der Waals surface area contributed by atoms with Crippen LogP contribution in [0.15, 0.2) is 30.3 Å². The number of hydrogen-bond acceptors (Lipinski definition) is 6. The number of methoxy groups -OCH3 is 1. The van der Waals surface area contributed by atoms with Crippen molar-refractivity contribution < 1.29 is 34.0 Å². The lowest BCUT2D eigenvalue weighted by molar-refractivity contribution is 0.0495. The topological polar surface area (TPSA) is 102 Å². The van der Waals surface area contributed by atoms with Gasteiger partial charge in [-0.05, 0) is 37.1 Å². The summed E-state index contributed by atoms with van der Waals surface area (Å²) in [6.07, 6.45) is 2.93. The second kappa shape index (κ2) is 11.1. The number of carbonyl (C=O) groups is 2. The third kappa shape index (κ3) is 5.65. The zero-order valence-electron chi connectivity index (χ0n) is 17.6. The van der Waals surface area contributed by atoms with Crippen LogP contribution in [0.1, 0.15) is 65.0 Å². The van der Waals surface area contributed by atoms with Crippen LogP contribution in [0.5, 0.6) is 17.2 Å². The fourth-order valence-corrected chi connectivity index (χ4v) is 2.95. The van der Waals surface area contributed by atoms with Crippen LogP contribution in [0, 0.1) is 0 Å². The Labute approximate surface area is 176 Å². The summed E-state index contributed by atoms with van der Waals surface area (Å²) in [5, 5.41) is 19.8. The lowest BCUT2D eigenvalue weighted by atomic mass is 10.0. The number of aromatic hydroxyl groups is 1. The number of unbranched alkanes of at least 4 members (excludes halogenated alkanes) is 1. The van der Waals surface area contributed by atoms with Gasteiger partial charge >= 0.3 is 11.9 Å². The van der Waals surface area contributed by atoms with Crippen molar-refractivity contribution in [1.82, 2.24) is 0 Å². The van der Waals surface area contributed by atoms with Gasteiger partial charge in [0.05, 0.1) is 19.3 Å². The van der Waals surface area contributed by atoms with Gasteiger partial charge in [-0.25, -0.2) is 9.59 Å². The summed E-state index contributed by atoms with van der Waals surface area (Å²) < 4.78 is 16.4. The highest BCUT2D eigenvalue weighted by atomic mass is 16.5. The van der Waals surface area contributed by atoms with Crippen molar-refractivity contribution in [2.45, 2.75) is 46.1 Å². The van der Waals surface area contributed by atoms with Crippen LogP contribution in [-0.4, -0.2) is 35.9 Å². The largest absolute Gasteiger partial charge is 0.507 e. The van der Waals surface area contributed by atoms with E-state index in [4.69, 9.17) is 19.3 Å². The molecule has 2 aromatic carbocycles. The predicted octanol–water partition coefficient (Wildman–Crippen LogP) is 4.59. The number of carboxylic acid groups (broad SMARTS) is 1. The van der Waals surface area contributed by atoms with Crippen LogP contribution in [0.3, 0.4) is 0 Å². The van der Waals surface area contributed by atoms with Crippen LogP contribution >= 0.6 is 0 Å². The number of esters is 1. The van der Waals surface area contributed by atoms with Crippen LogP contribution in [0.4, 0.5) is 0 Å². The lowest BCUT2D eigenvalue weighted by Crippen LogP contribution is -2.09. The van der Waals surface area contributed by atoms with Gasteiger partial charge in [-0.2, -0.15) is 0 Å². The smallest absolute Gasteiger partial charge is 0.341 e. The van der Waals surface area contributed by atoms with Crippen molar-refractivity contribution in [3.05, 3.63) is 52.6 Å². The second-order valence-corrected chi connectivity index (χ2v) is 6.80. The van der Waals surface area contributed by atoms with Crippen molar-refractivity contribution in [1.29, 1.82) is 0 Å². The van der Waals surface area contributed by atoms with Gasteiger partial charge in [0.2, 0.25) is 0 Å². The second-order valence-electron chi connectivity index (χ2n) is 6.80. The number of rotatable bonds is 11. The van der Waals surface area contributed by atoms with Crippen LogP contribution in [-0.2, 0) is 17.8 Å². The molecule has 0 spiro atoms. The zero-order valence-corrected chi connectivity index (χ0v) is 17.6. The standard InChI is InChI=1S/C23H28O7/c1-4-6-12-29-23(27)18-10-11-19(17(7-5-2)21(18)24)30-14-16-9-8-15(22(25)26)13-20(16)28-3/h8-11,13,24H,4-7,12,14H2,1-3H3,(H,25,26). The number of carboxylic acids is 1. The molecule has 0 aromatic heterocycles. The molecule has 0 aliphatic heterocycles. The Kier molecular flexibility index (Phi) is 8.53. The van der Waals surface area contributed by atoms with Gasteiger partial charge in [-0.1, -0.05) is 32.8 Å². The molecule has 0 heterocycles. The molecule has 0 fully saturated rings. The first-order chi connectivity index (χ1) is 14.4. The molecule has 2 aromatic rings. The van der Waals surface area contributed by atoms with E-state index in [1.807, 2.05) is 13.8 Å². The highest BCUT2D eigenvalue weighted by Crippen LogP contribution is 2.34. The van der Waals surface area contributed by atoms with Gasteiger partial charge in [0.25, 0.3) is 0 Å². The number of carbonyl (C=O) groups excluding carboxylic acids is 1. The summed E-state index contributed by atoms with van der Waals surface area (Å²) >= 11 is 0. The molecule has 2 N–H and O–H groups in total. The average molecular weight is 416 g/mol. The van der Waals surface area contributed by atoms with Crippen molar-refractivity contribution in [2.24, 2.45) is 0 Å². The zero-order chi connectivity index (χ0) is 22.1. The normalized spacial score (nSPS) is 10.5. The molecule has 0 saturated carbocycles. The van der Waals surface area contributed by atoms with E-state index in [2.05, 4.69) is 0 Å². The molecule has 0 bridgehead atoms. The van der Waals surface area contributed by atoms with Crippen molar-refractivity contribution >= 4 is 11.9 Å². The Balaban J connectivity index is 2.24. The molecular formula is C23H28O7. The number of ether oxygens (including phenoxy) is 3. The number of phenols is 1. The maximum absolute atomic E-state index is 12.3. The Morgan fingerprint density at radius 1 is 1.03 bits per heavy atom. The Hall–Kier alpha value is -3.22. The fraction of sp³-hybridized carbons (Fsp3) is 0.391. The van der Waals surface area contributed by atoms with Crippen molar-refractivity contribution in [3.8, 4) is 17.2 Å². The van der Waals surface area contributed by atoms with E-state index in [-0.39, 0.29) is 23.5 Å². The highest BCUT2D eigenvalue weighted by molar-refractivity contribution is 5.93. The molecule has 0 amide bonds. The van der Waals surface area contributed by atoms with E-state index in [0.29, 0.717) is 35.7 Å². The van der Waals surface area contributed by atoms with E-state index in [9.17, 15) is 14.7 Å². The molecule has 0 saturated heterocycles. The number of phenolic OH excluding ortho intramolecular Hbond substituents is 1. The maximum atomic E-state index is 12.3. The first-order valence-electron chi connectivity index (χ1n) is 9.97. The molecule has 30 heavy (non-hydrogen) atoms. The van der Waals surface area contributed by atoms with E-state index in [1.54, 1.807) is 12.1 Å². The van der Waals surface area contributed by atoms with Gasteiger partial charge in [-0.15, -0.1) is 0 Å². The summed E-state index contributed by atoms with van der Waals surface area (Å²) in [6, 6.07) is 7.66. The quantitative estimate of drug-likeness (QED) is 0.408. The maximum Gasteiger partial charge on any atom is 0.341 e. The first-order valence-corrected chi connectivity index (χ1v) is 9.97. The summed E-state index contributed by atoms with van der Waals surface area (Å²) in [4.78, 5) is 23.4. The van der Waals surface area contributed by atoms with Gasteiger partial charge < -0.3 is 24.4 Å². The Morgan fingerprint density at radius 2 is 1.80 bits per heavy atom. The van der Waals surface area contributed by atoms with Gasteiger partial charge in [0, 0.05) is 11.1 Å². The lowest BCUT2D eigenvalue weighted by Gasteiger charge is -2.16. The number of aromatic carboxylic acids is 1. The minimum Gasteiger partial charge on any atom is -0.507 e. The van der Waals surface area contributed by atoms with Crippen LogP contribution in [0.2, 0.25) is 0 Å². The molecule has 0 aliphatic carbocycles. The molecular weight excluding hydrogens is 388 g/mol. The van der Waals surface area contributed by atoms with Gasteiger partial charge in [0.15, 0.2) is 0 Å². The minimum absolute atomic E-state index is 0.111. The molecule has 0 unspecified atom stereocenters. The third-order valence-corrected chi connectivity index (χ3v) is 4.61. The van der Waals surface area contributed by atoms with Gasteiger partial charge in [-0.3, -0.25) is 0 Å². The fourth-order valence-electron chi connectivity index (χ4n) is 2.95.